The van der Waals surface area contributed by atoms with Crippen LogP contribution in [-0.4, -0.2) is 32.8 Å². The number of carbonyl (C=O) groups is 1. The molecule has 2 aromatic carbocycles. The summed E-state index contributed by atoms with van der Waals surface area (Å²) in [5.74, 6) is -0.838. The number of rotatable bonds is 9. The molecular formula is C30H36O5. The highest BCUT2D eigenvalue weighted by atomic mass is 16.3. The van der Waals surface area contributed by atoms with Crippen LogP contribution in [0.5, 0.6) is 11.5 Å². The molecule has 0 fully saturated rings. The van der Waals surface area contributed by atoms with Crippen molar-refractivity contribution in [3.05, 3.63) is 76.4 Å². The van der Waals surface area contributed by atoms with Crippen LogP contribution in [0, 0.1) is 6.92 Å². The van der Waals surface area contributed by atoms with Crippen LogP contribution in [0.3, 0.4) is 0 Å². The van der Waals surface area contributed by atoms with Crippen molar-refractivity contribution in [2.75, 3.05) is 6.61 Å². The van der Waals surface area contributed by atoms with Gasteiger partial charge in [-0.1, -0.05) is 28.9 Å². The maximum Gasteiger partial charge on any atom is 0.170 e. The topological polar surface area (TPSA) is 98.0 Å². The molecule has 5 heteroatoms. The number of hydrogen-bond acceptors (Lipinski definition) is 5. The molecule has 3 rings (SSSR count). The van der Waals surface area contributed by atoms with Crippen LogP contribution >= 0.6 is 0 Å². The molecule has 5 nitrogen and oxygen atoms in total. The van der Waals surface area contributed by atoms with Crippen molar-refractivity contribution >= 4 is 22.3 Å². The van der Waals surface area contributed by atoms with E-state index in [1.807, 2.05) is 32.9 Å². The van der Waals surface area contributed by atoms with E-state index in [1.165, 1.54) is 6.08 Å². The van der Waals surface area contributed by atoms with Crippen LogP contribution in [0.4, 0.5) is 0 Å². The van der Waals surface area contributed by atoms with E-state index < -0.39 is 5.41 Å². The molecule has 0 saturated carbocycles. The molecule has 35 heavy (non-hydrogen) atoms. The number of fused-ring (bicyclic) bond motifs is 2. The van der Waals surface area contributed by atoms with E-state index in [2.05, 4.69) is 13.2 Å². The van der Waals surface area contributed by atoms with Gasteiger partial charge in [-0.15, -0.1) is 13.2 Å². The standard InChI is InChI=1S/C30H36O5/c1-17(2)7-8-22-20(6)13-21-14-23-27(29(35)26(21)28(22)34)24(32)15-25(33)30(23,11-9-18(3)4)12-10-19(5)16-31/h10,13-15,31-32,34-35H,1,3,7-9,11-12,16H2,2,4-6H3. The summed E-state index contributed by atoms with van der Waals surface area (Å²) in [6.07, 6.45) is 5.59. The third-order valence-corrected chi connectivity index (χ3v) is 7.04. The molecule has 1 aliphatic rings. The van der Waals surface area contributed by atoms with Crippen molar-refractivity contribution in [3.8, 4) is 11.5 Å². The van der Waals surface area contributed by atoms with Crippen LogP contribution in [0.1, 0.15) is 68.7 Å². The number of hydrogen-bond donors (Lipinski definition) is 4. The van der Waals surface area contributed by atoms with Gasteiger partial charge in [0.2, 0.25) is 0 Å². The number of allylic oxidation sites excluding steroid dienone is 4. The van der Waals surface area contributed by atoms with Gasteiger partial charge in [0.15, 0.2) is 5.78 Å². The summed E-state index contributed by atoms with van der Waals surface area (Å²) < 4.78 is 0. The predicted molar refractivity (Wildman–Crippen MR) is 142 cm³/mol. The number of aliphatic hydroxyl groups excluding tert-OH is 2. The molecule has 1 atom stereocenters. The Bertz CT molecular complexity index is 1280. The number of aromatic hydroxyl groups is 2. The molecule has 0 radical (unpaired) electrons. The molecule has 0 spiro atoms. The van der Waals surface area contributed by atoms with Gasteiger partial charge in [-0.05, 0) is 87.9 Å². The Labute approximate surface area is 207 Å². The van der Waals surface area contributed by atoms with E-state index >= 15 is 0 Å². The van der Waals surface area contributed by atoms with Crippen LogP contribution in [0.2, 0.25) is 0 Å². The maximum atomic E-state index is 13.5. The Morgan fingerprint density at radius 3 is 2.29 bits per heavy atom. The first-order chi connectivity index (χ1) is 16.4. The minimum Gasteiger partial charge on any atom is -0.507 e. The lowest BCUT2D eigenvalue weighted by Gasteiger charge is -2.36. The zero-order valence-electron chi connectivity index (χ0n) is 21.2. The summed E-state index contributed by atoms with van der Waals surface area (Å²) >= 11 is 0. The summed E-state index contributed by atoms with van der Waals surface area (Å²) in [5, 5.41) is 43.8. The largest absolute Gasteiger partial charge is 0.507 e. The highest BCUT2D eigenvalue weighted by Gasteiger charge is 2.44. The number of aliphatic hydroxyl groups is 2. The molecule has 4 N–H and O–H groups in total. The molecule has 0 heterocycles. The van der Waals surface area contributed by atoms with E-state index in [9.17, 15) is 25.2 Å². The Morgan fingerprint density at radius 2 is 1.69 bits per heavy atom. The third-order valence-electron chi connectivity index (χ3n) is 7.04. The zero-order chi connectivity index (χ0) is 26.1. The second-order valence-electron chi connectivity index (χ2n) is 10.1. The fourth-order valence-electron chi connectivity index (χ4n) is 4.88. The first-order valence-corrected chi connectivity index (χ1v) is 11.9. The van der Waals surface area contributed by atoms with Gasteiger partial charge in [0.05, 0.1) is 23.0 Å². The Hall–Kier alpha value is -3.31. The quantitative estimate of drug-likeness (QED) is 0.311. The number of carbonyl (C=O) groups excluding carboxylic acids is 1. The molecular weight excluding hydrogens is 440 g/mol. The van der Waals surface area contributed by atoms with Gasteiger partial charge >= 0.3 is 0 Å². The second kappa shape index (κ2) is 10.1. The predicted octanol–water partition coefficient (Wildman–Crippen LogP) is 6.47. The lowest BCUT2D eigenvalue weighted by Crippen LogP contribution is -2.38. The van der Waals surface area contributed by atoms with Crippen molar-refractivity contribution in [1.29, 1.82) is 0 Å². The first kappa shape index (κ1) is 26.3. The van der Waals surface area contributed by atoms with E-state index in [4.69, 9.17) is 0 Å². The fourth-order valence-corrected chi connectivity index (χ4v) is 4.88. The molecule has 1 aliphatic carbocycles. The van der Waals surface area contributed by atoms with E-state index in [-0.39, 0.29) is 40.6 Å². The monoisotopic (exact) mass is 476 g/mol. The van der Waals surface area contributed by atoms with Gasteiger partial charge in [0, 0.05) is 6.08 Å². The highest BCUT2D eigenvalue weighted by molar-refractivity contribution is 6.10. The van der Waals surface area contributed by atoms with Crippen LogP contribution in [0.15, 0.2) is 54.2 Å². The number of phenols is 2. The average Bonchev–Trinajstić information content (AvgIpc) is 2.77. The van der Waals surface area contributed by atoms with Crippen molar-refractivity contribution in [2.45, 2.75) is 65.2 Å². The highest BCUT2D eigenvalue weighted by Crippen LogP contribution is 2.51. The molecule has 186 valence electrons. The van der Waals surface area contributed by atoms with E-state index in [0.717, 1.165) is 27.8 Å². The number of ketones is 1. The molecule has 0 saturated heterocycles. The van der Waals surface area contributed by atoms with Crippen molar-refractivity contribution in [3.63, 3.8) is 0 Å². The molecule has 0 aliphatic heterocycles. The van der Waals surface area contributed by atoms with Gasteiger partial charge in [0.25, 0.3) is 0 Å². The van der Waals surface area contributed by atoms with Crippen LogP contribution in [0.25, 0.3) is 16.5 Å². The summed E-state index contributed by atoms with van der Waals surface area (Å²) in [4.78, 5) is 13.5. The lowest BCUT2D eigenvalue weighted by atomic mass is 9.65. The minimum absolute atomic E-state index is 0.0187. The van der Waals surface area contributed by atoms with Crippen LogP contribution < -0.4 is 0 Å². The number of aryl methyl sites for hydroxylation is 1. The van der Waals surface area contributed by atoms with E-state index in [1.54, 1.807) is 13.0 Å². The molecule has 0 amide bonds. The summed E-state index contributed by atoms with van der Waals surface area (Å²) in [5.41, 5.74) is 3.87. The number of benzene rings is 2. The maximum absolute atomic E-state index is 13.5. The summed E-state index contributed by atoms with van der Waals surface area (Å²) in [7, 11) is 0. The van der Waals surface area contributed by atoms with Crippen molar-refractivity contribution in [1.82, 2.24) is 0 Å². The van der Waals surface area contributed by atoms with Gasteiger partial charge in [-0.25, -0.2) is 0 Å². The summed E-state index contributed by atoms with van der Waals surface area (Å²) in [6.45, 7) is 15.3. The van der Waals surface area contributed by atoms with Crippen molar-refractivity contribution in [2.24, 2.45) is 0 Å². The third kappa shape index (κ3) is 4.92. The number of phenolic OH excluding ortho intramolecular Hbond substituents is 2. The van der Waals surface area contributed by atoms with Crippen molar-refractivity contribution < 1.29 is 25.2 Å². The van der Waals surface area contributed by atoms with Gasteiger partial charge in [-0.2, -0.15) is 0 Å². The normalized spacial score (nSPS) is 17.9. The lowest BCUT2D eigenvalue weighted by molar-refractivity contribution is -0.120. The molecule has 2 aromatic rings. The van der Waals surface area contributed by atoms with Gasteiger partial charge < -0.3 is 20.4 Å². The molecule has 0 aromatic heterocycles. The Balaban J connectivity index is 2.35. The zero-order valence-corrected chi connectivity index (χ0v) is 21.2. The molecule has 1 unspecified atom stereocenters. The fraction of sp³-hybridized carbons (Fsp3) is 0.367. The average molecular weight is 477 g/mol. The molecule has 0 bridgehead atoms. The first-order valence-electron chi connectivity index (χ1n) is 11.9. The second-order valence-corrected chi connectivity index (χ2v) is 10.1. The van der Waals surface area contributed by atoms with Gasteiger partial charge in [-0.3, -0.25) is 4.79 Å². The Kier molecular flexibility index (Phi) is 7.61. The van der Waals surface area contributed by atoms with E-state index in [0.29, 0.717) is 43.1 Å². The van der Waals surface area contributed by atoms with Gasteiger partial charge in [0.1, 0.15) is 17.3 Å². The minimum atomic E-state index is -1.05. The SMILES string of the molecule is C=C(C)CCc1c(C)cc2cc3c(c(O)c2c1O)C(O)=CC(=O)C3(CC=C(C)CO)CCC(=C)C. The summed E-state index contributed by atoms with van der Waals surface area (Å²) in [6, 6.07) is 3.71. The Morgan fingerprint density at radius 1 is 1.03 bits per heavy atom. The smallest absolute Gasteiger partial charge is 0.170 e. The van der Waals surface area contributed by atoms with Crippen LogP contribution in [-0.2, 0) is 16.6 Å².